The molecule has 2 rings (SSSR count). The maximum Gasteiger partial charge on any atom is 0.358 e. The van der Waals surface area contributed by atoms with Gasteiger partial charge < -0.3 is 44.9 Å². The number of hydrogen-bond acceptors (Lipinski definition) is 13. The van der Waals surface area contributed by atoms with E-state index in [-0.39, 0.29) is 19.0 Å². The van der Waals surface area contributed by atoms with Crippen molar-refractivity contribution < 1.29 is 48.2 Å². The minimum atomic E-state index is -4.14. The van der Waals surface area contributed by atoms with E-state index in [1.54, 1.807) is 6.92 Å². The zero-order valence-electron chi connectivity index (χ0n) is 29.0. The Hall–Kier alpha value is -1.45. The van der Waals surface area contributed by atoms with Crippen molar-refractivity contribution >= 4 is 13.4 Å². The number of rotatable bonds is 28. The van der Waals surface area contributed by atoms with Crippen LogP contribution in [-0.2, 0) is 34.4 Å². The van der Waals surface area contributed by atoms with Crippen molar-refractivity contribution in [1.29, 1.82) is 0 Å². The number of nitrogens with zero attached hydrogens (tertiary/aromatic N) is 2. The summed E-state index contributed by atoms with van der Waals surface area (Å²) in [7, 11) is -4.14. The average Bonchev–Trinajstić information content (AvgIpc) is 3.06. The fraction of sp³-hybridized carbons (Fsp3) is 0.879. The summed E-state index contributed by atoms with van der Waals surface area (Å²) in [5.41, 5.74) is 4.97. The molecule has 280 valence electrons. The first-order valence-corrected chi connectivity index (χ1v) is 19.6. The predicted octanol–water partition coefficient (Wildman–Crippen LogP) is 4.10. The minimum absolute atomic E-state index is 0.0213. The molecule has 1 aromatic heterocycles. The standard InChI is InChI=1S/C33H62N3O11P/c1-3-4-5-6-7-8-9-10-11-12-13-14-15-16-20-43-21-17-22-45-48(42,47-32-31(40)30(39)29(38)27(24-37)46-32)25-44-26(2)23-36-19-18-28(34)35-33(36)41/h18-19,26-27,29-32,37-40H,3-17,20-25H2,1-2H3,(H2,34,35,41)/t26?,27-,29+,30+,31-,32-,48?/m1/s1. The second-order valence-corrected chi connectivity index (χ2v) is 14.7. The molecule has 0 amide bonds. The summed E-state index contributed by atoms with van der Waals surface area (Å²) in [5.74, 6) is 0.0826. The lowest BCUT2D eigenvalue weighted by Gasteiger charge is -2.40. The summed E-state index contributed by atoms with van der Waals surface area (Å²) in [6, 6.07) is 1.46. The van der Waals surface area contributed by atoms with Gasteiger partial charge in [-0.2, -0.15) is 4.98 Å². The van der Waals surface area contributed by atoms with Gasteiger partial charge in [0.15, 0.2) is 6.29 Å². The molecule has 2 heterocycles. The summed E-state index contributed by atoms with van der Waals surface area (Å²) in [4.78, 5) is 15.7. The van der Waals surface area contributed by atoms with Crippen LogP contribution in [0.1, 0.15) is 110 Å². The van der Waals surface area contributed by atoms with Gasteiger partial charge in [0.05, 0.1) is 25.9 Å². The van der Waals surface area contributed by atoms with Crippen LogP contribution < -0.4 is 11.4 Å². The number of aromatic nitrogens is 2. The normalized spacial score (nSPS) is 23.2. The van der Waals surface area contributed by atoms with Crippen LogP contribution in [0.4, 0.5) is 5.82 Å². The summed E-state index contributed by atoms with van der Waals surface area (Å²) in [5, 5.41) is 40.1. The van der Waals surface area contributed by atoms with Crippen molar-refractivity contribution in [3.63, 3.8) is 0 Å². The Morgan fingerprint density at radius 2 is 1.48 bits per heavy atom. The van der Waals surface area contributed by atoms with Gasteiger partial charge in [0.25, 0.3) is 0 Å². The fourth-order valence-electron chi connectivity index (χ4n) is 5.41. The topological polar surface area (TPSA) is 205 Å². The van der Waals surface area contributed by atoms with Crippen LogP contribution in [0.15, 0.2) is 17.1 Å². The van der Waals surface area contributed by atoms with E-state index in [0.29, 0.717) is 19.6 Å². The Bertz CT molecular complexity index is 1080. The lowest BCUT2D eigenvalue weighted by atomic mass is 10.00. The number of hydrogen-bond donors (Lipinski definition) is 5. The van der Waals surface area contributed by atoms with E-state index >= 15 is 0 Å². The van der Waals surface area contributed by atoms with E-state index in [1.807, 2.05) is 0 Å². The van der Waals surface area contributed by atoms with Crippen LogP contribution in [-0.4, -0.2) is 99.6 Å². The monoisotopic (exact) mass is 707 g/mol. The van der Waals surface area contributed by atoms with Crippen LogP contribution in [0.2, 0.25) is 0 Å². The molecule has 6 N–H and O–H groups in total. The molecular formula is C33H62N3O11P. The summed E-state index contributed by atoms with van der Waals surface area (Å²) < 4.78 is 43.0. The van der Waals surface area contributed by atoms with Crippen molar-refractivity contribution in [3.05, 3.63) is 22.7 Å². The van der Waals surface area contributed by atoms with Gasteiger partial charge in [0.2, 0.25) is 0 Å². The van der Waals surface area contributed by atoms with E-state index in [0.717, 1.165) is 12.8 Å². The molecule has 0 spiro atoms. The van der Waals surface area contributed by atoms with E-state index in [1.165, 1.54) is 93.9 Å². The smallest absolute Gasteiger partial charge is 0.358 e. The van der Waals surface area contributed by atoms with Gasteiger partial charge in [0.1, 0.15) is 36.6 Å². The molecule has 0 radical (unpaired) electrons. The van der Waals surface area contributed by atoms with Crippen LogP contribution in [0, 0.1) is 0 Å². The van der Waals surface area contributed by atoms with Gasteiger partial charge in [-0.1, -0.05) is 90.4 Å². The second kappa shape index (κ2) is 24.7. The molecule has 2 unspecified atom stereocenters. The molecule has 1 fully saturated rings. The third-order valence-corrected chi connectivity index (χ3v) is 9.91. The van der Waals surface area contributed by atoms with Gasteiger partial charge in [-0.3, -0.25) is 13.7 Å². The highest BCUT2D eigenvalue weighted by molar-refractivity contribution is 7.53. The maximum absolute atomic E-state index is 13.8. The molecule has 0 saturated carbocycles. The molecule has 48 heavy (non-hydrogen) atoms. The van der Waals surface area contributed by atoms with Crippen LogP contribution in [0.5, 0.6) is 0 Å². The number of ether oxygens (including phenoxy) is 3. The highest BCUT2D eigenvalue weighted by Gasteiger charge is 2.47. The Kier molecular flexibility index (Phi) is 21.9. The van der Waals surface area contributed by atoms with Crippen molar-refractivity contribution in [1.82, 2.24) is 9.55 Å². The molecule has 1 aromatic rings. The minimum Gasteiger partial charge on any atom is -0.394 e. The van der Waals surface area contributed by atoms with Crippen LogP contribution in [0.3, 0.4) is 0 Å². The number of nitrogens with two attached hydrogens (primary N) is 1. The third kappa shape index (κ3) is 17.0. The summed E-state index contributed by atoms with van der Waals surface area (Å²) in [6.45, 7) is 4.27. The largest absolute Gasteiger partial charge is 0.394 e. The van der Waals surface area contributed by atoms with Gasteiger partial charge in [0, 0.05) is 19.4 Å². The van der Waals surface area contributed by atoms with Crippen LogP contribution in [0.25, 0.3) is 0 Å². The molecule has 14 nitrogen and oxygen atoms in total. The molecule has 0 aliphatic carbocycles. The van der Waals surface area contributed by atoms with Crippen molar-refractivity contribution in [2.75, 3.05) is 38.5 Å². The molecule has 1 aliphatic heterocycles. The molecule has 1 aliphatic rings. The first kappa shape index (κ1) is 42.7. The highest BCUT2D eigenvalue weighted by Crippen LogP contribution is 2.51. The van der Waals surface area contributed by atoms with E-state index < -0.39 is 63.1 Å². The Labute approximate surface area is 285 Å². The predicted molar refractivity (Wildman–Crippen MR) is 182 cm³/mol. The van der Waals surface area contributed by atoms with E-state index in [2.05, 4.69) is 11.9 Å². The van der Waals surface area contributed by atoms with Crippen molar-refractivity contribution in [3.8, 4) is 0 Å². The van der Waals surface area contributed by atoms with Gasteiger partial charge in [-0.05, 0) is 25.8 Å². The number of nitrogen functional groups attached to an aromatic ring is 1. The molecule has 0 bridgehead atoms. The first-order chi connectivity index (χ1) is 23.1. The van der Waals surface area contributed by atoms with Gasteiger partial charge >= 0.3 is 13.3 Å². The third-order valence-electron chi connectivity index (χ3n) is 8.34. The Morgan fingerprint density at radius 1 is 0.896 bits per heavy atom. The first-order valence-electron chi connectivity index (χ1n) is 17.8. The SMILES string of the molecule is CCCCCCCCCCCCCCCCOCCCOP(=O)(COC(C)Cn1ccc(N)nc1=O)O[C@H]1O[C@H](CO)[C@H](O)[C@H](O)[C@H]1O. The zero-order chi connectivity index (χ0) is 35.2. The Morgan fingerprint density at radius 3 is 2.06 bits per heavy atom. The zero-order valence-corrected chi connectivity index (χ0v) is 29.9. The molecule has 0 aromatic carbocycles. The van der Waals surface area contributed by atoms with Crippen LogP contribution >= 0.6 is 7.60 Å². The van der Waals surface area contributed by atoms with Crippen molar-refractivity contribution in [2.45, 2.75) is 154 Å². The van der Waals surface area contributed by atoms with E-state index in [9.17, 15) is 29.8 Å². The second-order valence-electron chi connectivity index (χ2n) is 12.7. The van der Waals surface area contributed by atoms with E-state index in [4.69, 9.17) is 29.0 Å². The maximum atomic E-state index is 13.8. The average molecular weight is 708 g/mol. The lowest BCUT2D eigenvalue weighted by Crippen LogP contribution is -2.59. The number of aliphatic hydroxyl groups is 4. The molecule has 1 saturated heterocycles. The molecular weight excluding hydrogens is 645 g/mol. The number of unbranched alkanes of at least 4 members (excludes halogenated alkanes) is 13. The number of anilines is 1. The molecule has 15 heteroatoms. The lowest BCUT2D eigenvalue weighted by molar-refractivity contribution is -0.279. The fourth-order valence-corrected chi connectivity index (χ4v) is 6.94. The summed E-state index contributed by atoms with van der Waals surface area (Å²) >= 11 is 0. The summed E-state index contributed by atoms with van der Waals surface area (Å²) in [6.07, 6.45) is 10.6. The molecule has 7 atom stereocenters. The van der Waals surface area contributed by atoms with Gasteiger partial charge in [-0.25, -0.2) is 4.79 Å². The van der Waals surface area contributed by atoms with Gasteiger partial charge in [-0.15, -0.1) is 0 Å². The highest BCUT2D eigenvalue weighted by atomic mass is 31.2. The van der Waals surface area contributed by atoms with Crippen molar-refractivity contribution in [2.24, 2.45) is 0 Å². The Balaban J connectivity index is 1.70. The quantitative estimate of drug-likeness (QED) is 0.0615. The number of aliphatic hydroxyl groups excluding tert-OH is 4.